The predicted octanol–water partition coefficient (Wildman–Crippen LogP) is 3.59. The topological polar surface area (TPSA) is 20.2 Å². The molecule has 0 spiro atoms. The lowest BCUT2D eigenvalue weighted by atomic mass is 10.0. The van der Waals surface area contributed by atoms with Crippen molar-refractivity contribution in [3.8, 4) is 0 Å². The molecule has 1 N–H and O–H groups in total. The predicted molar refractivity (Wildman–Crippen MR) is 58.5 cm³/mol. The van der Waals surface area contributed by atoms with Crippen molar-refractivity contribution in [1.82, 2.24) is 0 Å². The summed E-state index contributed by atoms with van der Waals surface area (Å²) in [6.07, 6.45) is 1.18. The molecule has 14 heavy (non-hydrogen) atoms. The van der Waals surface area contributed by atoms with E-state index in [1.165, 1.54) is 6.07 Å². The van der Waals surface area contributed by atoms with Crippen LogP contribution in [-0.4, -0.2) is 5.11 Å². The highest BCUT2D eigenvalue weighted by molar-refractivity contribution is 9.10. The van der Waals surface area contributed by atoms with Crippen LogP contribution >= 0.6 is 15.9 Å². The van der Waals surface area contributed by atoms with Gasteiger partial charge < -0.3 is 5.11 Å². The Hall–Kier alpha value is -0.670. The molecule has 0 bridgehead atoms. The van der Waals surface area contributed by atoms with E-state index in [4.69, 9.17) is 0 Å². The van der Waals surface area contributed by atoms with Crippen LogP contribution in [0.4, 0.5) is 4.39 Å². The minimum atomic E-state index is -0.656. The van der Waals surface area contributed by atoms with Gasteiger partial charge in [-0.15, -0.1) is 0 Å². The quantitative estimate of drug-likeness (QED) is 0.805. The lowest BCUT2D eigenvalue weighted by Crippen LogP contribution is -1.99. The van der Waals surface area contributed by atoms with Gasteiger partial charge in [-0.1, -0.05) is 12.1 Å². The van der Waals surface area contributed by atoms with Crippen molar-refractivity contribution in [2.24, 2.45) is 0 Å². The summed E-state index contributed by atoms with van der Waals surface area (Å²) in [6, 6.07) is 4.51. The Morgan fingerprint density at radius 3 is 2.71 bits per heavy atom. The van der Waals surface area contributed by atoms with E-state index in [1.54, 1.807) is 12.1 Å². The van der Waals surface area contributed by atoms with Crippen LogP contribution in [0.25, 0.3) is 0 Å². The minimum absolute atomic E-state index is 0.320. The van der Waals surface area contributed by atoms with Crippen LogP contribution in [0.15, 0.2) is 34.3 Å². The largest absolute Gasteiger partial charge is 0.384 e. The van der Waals surface area contributed by atoms with E-state index in [2.05, 4.69) is 15.9 Å². The summed E-state index contributed by atoms with van der Waals surface area (Å²) in [5.41, 5.74) is 1.54. The second-order valence-electron chi connectivity index (χ2n) is 3.11. The molecule has 1 rings (SSSR count). The maximum atomic E-state index is 12.9. The Labute approximate surface area is 91.4 Å². The number of aliphatic hydroxyl groups is 1. The van der Waals surface area contributed by atoms with Crippen LogP contribution in [0.1, 0.15) is 25.5 Å². The van der Waals surface area contributed by atoms with E-state index in [-0.39, 0.29) is 5.82 Å². The van der Waals surface area contributed by atoms with Gasteiger partial charge in [0.05, 0.1) is 10.6 Å². The van der Waals surface area contributed by atoms with Crippen LogP contribution in [-0.2, 0) is 0 Å². The average molecular weight is 259 g/mol. The first-order chi connectivity index (χ1) is 6.56. The first-order valence-corrected chi connectivity index (χ1v) is 5.11. The highest BCUT2D eigenvalue weighted by atomic mass is 79.9. The third-order valence-electron chi connectivity index (χ3n) is 2.15. The molecule has 1 atom stereocenters. The summed E-state index contributed by atoms with van der Waals surface area (Å²) in [5, 5.41) is 9.79. The lowest BCUT2D eigenvalue weighted by molar-refractivity contribution is 0.215. The van der Waals surface area contributed by atoms with Gasteiger partial charge in [0.15, 0.2) is 0 Å². The summed E-state index contributed by atoms with van der Waals surface area (Å²) >= 11 is 3.08. The molecule has 1 aromatic carbocycles. The van der Waals surface area contributed by atoms with Crippen molar-refractivity contribution in [2.75, 3.05) is 0 Å². The van der Waals surface area contributed by atoms with Gasteiger partial charge in [-0.25, -0.2) is 4.39 Å². The third kappa shape index (κ3) is 2.42. The van der Waals surface area contributed by atoms with Crippen molar-refractivity contribution in [3.63, 3.8) is 0 Å². The number of halogens is 2. The van der Waals surface area contributed by atoms with Gasteiger partial charge in [-0.2, -0.15) is 0 Å². The number of allylic oxidation sites excluding steroid dienone is 1. The molecular weight excluding hydrogens is 247 g/mol. The van der Waals surface area contributed by atoms with Gasteiger partial charge in [0.25, 0.3) is 0 Å². The van der Waals surface area contributed by atoms with Crippen molar-refractivity contribution < 1.29 is 9.50 Å². The van der Waals surface area contributed by atoms with Crippen LogP contribution < -0.4 is 0 Å². The number of hydrogen-bond donors (Lipinski definition) is 1. The Morgan fingerprint density at radius 2 is 2.21 bits per heavy atom. The fraction of sp³-hybridized carbons (Fsp3) is 0.273. The van der Waals surface area contributed by atoms with Gasteiger partial charge >= 0.3 is 0 Å². The Kier molecular flexibility index (Phi) is 3.84. The first-order valence-electron chi connectivity index (χ1n) is 4.32. The monoisotopic (exact) mass is 258 g/mol. The molecule has 0 aliphatic heterocycles. The molecule has 3 heteroatoms. The Bertz CT molecular complexity index is 360. The minimum Gasteiger partial charge on any atom is -0.384 e. The van der Waals surface area contributed by atoms with Gasteiger partial charge in [0.1, 0.15) is 5.82 Å². The summed E-state index contributed by atoms with van der Waals surface area (Å²) < 4.78 is 13.3. The standard InChI is InChI=1S/C11H12BrFO/c1-3-7(2)11(14)8-4-5-10(13)9(12)6-8/h3-6,11,14H,1-2H3/b7-3+. The summed E-state index contributed by atoms with van der Waals surface area (Å²) in [6.45, 7) is 3.69. The van der Waals surface area contributed by atoms with Gasteiger partial charge in [0.2, 0.25) is 0 Å². The highest BCUT2D eigenvalue weighted by Crippen LogP contribution is 2.25. The van der Waals surface area contributed by atoms with E-state index < -0.39 is 6.10 Å². The molecule has 0 saturated carbocycles. The lowest BCUT2D eigenvalue weighted by Gasteiger charge is -2.11. The SMILES string of the molecule is C/C=C(\C)C(O)c1ccc(F)c(Br)c1. The molecule has 1 nitrogen and oxygen atoms in total. The fourth-order valence-electron chi connectivity index (χ4n) is 1.10. The van der Waals surface area contributed by atoms with Gasteiger partial charge in [-0.3, -0.25) is 0 Å². The first kappa shape index (κ1) is 11.4. The molecule has 0 amide bonds. The Balaban J connectivity index is 3.03. The molecule has 0 heterocycles. The average Bonchev–Trinajstić information content (AvgIpc) is 2.20. The molecule has 0 aliphatic rings. The third-order valence-corrected chi connectivity index (χ3v) is 2.75. The van der Waals surface area contributed by atoms with Crippen molar-refractivity contribution in [1.29, 1.82) is 0 Å². The van der Waals surface area contributed by atoms with Crippen molar-refractivity contribution in [3.05, 3.63) is 45.7 Å². The highest BCUT2D eigenvalue weighted by Gasteiger charge is 2.10. The summed E-state index contributed by atoms with van der Waals surface area (Å²) in [4.78, 5) is 0. The number of aliphatic hydroxyl groups excluding tert-OH is 1. The molecule has 1 aromatic rings. The molecule has 1 unspecified atom stereocenters. The zero-order valence-corrected chi connectivity index (χ0v) is 9.68. The number of rotatable bonds is 2. The van der Waals surface area contributed by atoms with Gasteiger partial charge in [-0.05, 0) is 53.0 Å². The fourth-order valence-corrected chi connectivity index (χ4v) is 1.50. The van der Waals surface area contributed by atoms with E-state index in [0.29, 0.717) is 10.0 Å². The van der Waals surface area contributed by atoms with Crippen LogP contribution in [0.5, 0.6) is 0 Å². The van der Waals surface area contributed by atoms with Crippen LogP contribution in [0, 0.1) is 5.82 Å². The zero-order chi connectivity index (χ0) is 10.7. The Morgan fingerprint density at radius 1 is 1.57 bits per heavy atom. The molecule has 0 saturated heterocycles. The zero-order valence-electron chi connectivity index (χ0n) is 8.09. The van der Waals surface area contributed by atoms with E-state index in [0.717, 1.165) is 5.57 Å². The second kappa shape index (κ2) is 4.71. The maximum Gasteiger partial charge on any atom is 0.137 e. The van der Waals surface area contributed by atoms with Crippen LogP contribution in [0.3, 0.4) is 0 Å². The van der Waals surface area contributed by atoms with Crippen LogP contribution in [0.2, 0.25) is 0 Å². The molecule has 0 fully saturated rings. The molecule has 0 aliphatic carbocycles. The van der Waals surface area contributed by atoms with Crippen molar-refractivity contribution in [2.45, 2.75) is 20.0 Å². The molecular formula is C11H12BrFO. The molecule has 76 valence electrons. The summed E-state index contributed by atoms with van der Waals surface area (Å²) in [5.74, 6) is -0.320. The maximum absolute atomic E-state index is 12.9. The summed E-state index contributed by atoms with van der Waals surface area (Å²) in [7, 11) is 0. The van der Waals surface area contributed by atoms with E-state index >= 15 is 0 Å². The van der Waals surface area contributed by atoms with Crippen molar-refractivity contribution >= 4 is 15.9 Å². The second-order valence-corrected chi connectivity index (χ2v) is 3.96. The normalized spacial score (nSPS) is 14.2. The number of benzene rings is 1. The number of hydrogen-bond acceptors (Lipinski definition) is 1. The molecule has 0 aromatic heterocycles. The smallest absolute Gasteiger partial charge is 0.137 e. The van der Waals surface area contributed by atoms with E-state index in [1.807, 2.05) is 19.9 Å². The molecule has 0 radical (unpaired) electrons. The van der Waals surface area contributed by atoms with E-state index in [9.17, 15) is 9.50 Å². The van der Waals surface area contributed by atoms with Gasteiger partial charge in [0, 0.05) is 0 Å².